The van der Waals surface area contributed by atoms with Crippen molar-refractivity contribution in [2.75, 3.05) is 0 Å². The first-order valence-electron chi connectivity index (χ1n) is 8.30. The van der Waals surface area contributed by atoms with Gasteiger partial charge in [-0.15, -0.1) is 0 Å². The second-order valence-corrected chi connectivity index (χ2v) is 6.24. The lowest BCUT2D eigenvalue weighted by atomic mass is 9.91. The zero-order valence-corrected chi connectivity index (χ0v) is 14.7. The zero-order valence-electron chi connectivity index (χ0n) is 14.7. The van der Waals surface area contributed by atoms with Crippen molar-refractivity contribution in [1.29, 1.82) is 0 Å². The van der Waals surface area contributed by atoms with Crippen LogP contribution in [0, 0.1) is 13.8 Å². The van der Waals surface area contributed by atoms with Gasteiger partial charge in [0.15, 0.2) is 11.6 Å². The van der Waals surface area contributed by atoms with Gasteiger partial charge < -0.3 is 10.9 Å². The Hall–Kier alpha value is -3.40. The van der Waals surface area contributed by atoms with Crippen LogP contribution in [-0.2, 0) is 0 Å². The molecule has 0 amide bonds. The molecule has 0 spiro atoms. The van der Waals surface area contributed by atoms with Gasteiger partial charge >= 0.3 is 0 Å². The second-order valence-electron chi connectivity index (χ2n) is 6.24. The summed E-state index contributed by atoms with van der Waals surface area (Å²) in [6, 6.07) is 20.5. The van der Waals surface area contributed by atoms with Crippen LogP contribution in [0.5, 0.6) is 0 Å². The van der Waals surface area contributed by atoms with Gasteiger partial charge in [-0.1, -0.05) is 59.8 Å². The fourth-order valence-electron chi connectivity index (χ4n) is 2.94. The van der Waals surface area contributed by atoms with Gasteiger partial charge in [0, 0.05) is 16.7 Å². The average molecular weight is 344 g/mol. The van der Waals surface area contributed by atoms with Crippen molar-refractivity contribution < 1.29 is 10.0 Å². The molecule has 3 rings (SSSR count). The molecule has 0 heterocycles. The summed E-state index contributed by atoms with van der Waals surface area (Å²) in [5.74, 6) is 0.0394. The zero-order chi connectivity index (χ0) is 18.7. The first kappa shape index (κ1) is 17.4. The maximum Gasteiger partial charge on any atom is 0.193 e. The van der Waals surface area contributed by atoms with E-state index in [0.29, 0.717) is 16.7 Å². The van der Waals surface area contributed by atoms with Crippen LogP contribution in [0.25, 0.3) is 11.1 Å². The number of oxime groups is 1. The lowest BCUT2D eigenvalue weighted by molar-refractivity contribution is 0.103. The predicted octanol–water partition coefficient (Wildman–Crippen LogP) is 4.30. The second kappa shape index (κ2) is 7.23. The van der Waals surface area contributed by atoms with E-state index in [2.05, 4.69) is 5.16 Å². The number of ketones is 1. The number of benzene rings is 3. The van der Waals surface area contributed by atoms with Crippen molar-refractivity contribution in [2.45, 2.75) is 13.8 Å². The van der Waals surface area contributed by atoms with Gasteiger partial charge in [-0.2, -0.15) is 0 Å². The van der Waals surface area contributed by atoms with Crippen molar-refractivity contribution in [3.63, 3.8) is 0 Å². The number of aryl methyl sites for hydroxylation is 2. The summed E-state index contributed by atoms with van der Waals surface area (Å²) >= 11 is 0. The predicted molar refractivity (Wildman–Crippen MR) is 104 cm³/mol. The van der Waals surface area contributed by atoms with Crippen LogP contribution in [0.1, 0.15) is 32.6 Å². The van der Waals surface area contributed by atoms with Crippen molar-refractivity contribution in [3.05, 3.63) is 94.5 Å². The topological polar surface area (TPSA) is 75.7 Å². The van der Waals surface area contributed by atoms with E-state index in [1.165, 1.54) is 0 Å². The molecule has 0 unspecified atom stereocenters. The molecule has 130 valence electrons. The van der Waals surface area contributed by atoms with Crippen LogP contribution in [-0.4, -0.2) is 16.8 Å². The number of nitrogens with two attached hydrogens (primary N) is 1. The van der Waals surface area contributed by atoms with Crippen LogP contribution in [0.2, 0.25) is 0 Å². The summed E-state index contributed by atoms with van der Waals surface area (Å²) in [5, 5.41) is 12.0. The minimum absolute atomic E-state index is 0.0166. The quantitative estimate of drug-likeness (QED) is 0.244. The summed E-state index contributed by atoms with van der Waals surface area (Å²) in [6.45, 7) is 4.00. The largest absolute Gasteiger partial charge is 0.409 e. The summed E-state index contributed by atoms with van der Waals surface area (Å²) in [4.78, 5) is 12.8. The van der Waals surface area contributed by atoms with E-state index in [4.69, 9.17) is 10.9 Å². The number of rotatable bonds is 4. The van der Waals surface area contributed by atoms with Crippen LogP contribution < -0.4 is 5.73 Å². The average Bonchev–Trinajstić information content (AvgIpc) is 2.68. The van der Waals surface area contributed by atoms with E-state index in [-0.39, 0.29) is 11.6 Å². The van der Waals surface area contributed by atoms with Gasteiger partial charge in [-0.3, -0.25) is 4.79 Å². The Kier molecular flexibility index (Phi) is 4.85. The normalized spacial score (nSPS) is 11.4. The van der Waals surface area contributed by atoms with Gasteiger partial charge in [0.05, 0.1) is 0 Å². The third kappa shape index (κ3) is 3.35. The third-order valence-electron chi connectivity index (χ3n) is 4.47. The Bertz CT molecular complexity index is 992. The highest BCUT2D eigenvalue weighted by Crippen LogP contribution is 2.29. The molecule has 0 radical (unpaired) electrons. The molecule has 4 nitrogen and oxygen atoms in total. The molecule has 26 heavy (non-hydrogen) atoms. The molecule has 0 bridgehead atoms. The number of hydrogen-bond donors (Lipinski definition) is 2. The molecule has 3 N–H and O–H groups in total. The van der Waals surface area contributed by atoms with Gasteiger partial charge in [0.2, 0.25) is 0 Å². The number of amidine groups is 1. The molecule has 0 aliphatic carbocycles. The molecule has 0 aliphatic rings. The maximum atomic E-state index is 12.8. The van der Waals surface area contributed by atoms with Gasteiger partial charge in [-0.25, -0.2) is 0 Å². The lowest BCUT2D eigenvalue weighted by Crippen LogP contribution is -2.13. The molecule has 3 aromatic rings. The first-order valence-corrected chi connectivity index (χ1v) is 8.30. The lowest BCUT2D eigenvalue weighted by Gasteiger charge is -2.13. The number of carbonyl (C=O) groups is 1. The van der Waals surface area contributed by atoms with E-state index < -0.39 is 0 Å². The molecule has 0 fully saturated rings. The van der Waals surface area contributed by atoms with Crippen molar-refractivity contribution in [2.24, 2.45) is 10.9 Å². The van der Waals surface area contributed by atoms with Gasteiger partial charge in [-0.05, 0) is 48.2 Å². The summed E-state index contributed by atoms with van der Waals surface area (Å²) < 4.78 is 0. The minimum Gasteiger partial charge on any atom is -0.409 e. The highest BCUT2D eigenvalue weighted by atomic mass is 16.4. The standard InChI is InChI=1S/C22H20N2O2/c1-14-8-10-17(21(25)16-6-4-3-5-7-16)12-19(14)20-13-18(22(23)24-26)11-9-15(20)2/h3-13,26H,1-2H3,(H2,23,24). The third-order valence-corrected chi connectivity index (χ3v) is 4.47. The number of carbonyl (C=O) groups excluding carboxylic acids is 1. The van der Waals surface area contributed by atoms with Gasteiger partial charge in [0.1, 0.15) is 0 Å². The summed E-state index contributed by atoms with van der Waals surface area (Å²) in [6.07, 6.45) is 0. The molecule has 3 aromatic carbocycles. The monoisotopic (exact) mass is 344 g/mol. The van der Waals surface area contributed by atoms with Crippen molar-refractivity contribution in [1.82, 2.24) is 0 Å². The van der Waals surface area contributed by atoms with E-state index in [9.17, 15) is 4.79 Å². The number of hydrogen-bond acceptors (Lipinski definition) is 3. The first-order chi connectivity index (χ1) is 12.5. The smallest absolute Gasteiger partial charge is 0.193 e. The van der Waals surface area contributed by atoms with Crippen LogP contribution in [0.3, 0.4) is 0 Å². The Labute approximate surface area is 152 Å². The molecule has 0 aromatic heterocycles. The Morgan fingerprint density at radius 2 is 1.35 bits per heavy atom. The molecule has 0 aliphatic heterocycles. The fourth-order valence-corrected chi connectivity index (χ4v) is 2.94. The molecule has 0 saturated heterocycles. The Morgan fingerprint density at radius 1 is 0.808 bits per heavy atom. The fraction of sp³-hybridized carbons (Fsp3) is 0.0909. The molecule has 0 saturated carbocycles. The summed E-state index contributed by atoms with van der Waals surface area (Å²) in [5.41, 5.74) is 11.7. The maximum absolute atomic E-state index is 12.8. The number of nitrogens with zero attached hydrogens (tertiary/aromatic N) is 1. The highest BCUT2D eigenvalue weighted by Gasteiger charge is 2.13. The van der Waals surface area contributed by atoms with E-state index >= 15 is 0 Å². The van der Waals surface area contributed by atoms with Crippen molar-refractivity contribution >= 4 is 11.6 Å². The van der Waals surface area contributed by atoms with Crippen LogP contribution >= 0.6 is 0 Å². The minimum atomic E-state index is -0.0166. The molecular weight excluding hydrogens is 324 g/mol. The van der Waals surface area contributed by atoms with Gasteiger partial charge in [0.25, 0.3) is 0 Å². The van der Waals surface area contributed by atoms with Crippen LogP contribution in [0.4, 0.5) is 0 Å². The molecular formula is C22H20N2O2. The Balaban J connectivity index is 2.11. The van der Waals surface area contributed by atoms with E-state index in [0.717, 1.165) is 22.3 Å². The molecule has 0 atom stereocenters. The molecule has 4 heteroatoms. The van der Waals surface area contributed by atoms with Crippen molar-refractivity contribution in [3.8, 4) is 11.1 Å². The highest BCUT2D eigenvalue weighted by molar-refractivity contribution is 6.09. The SMILES string of the molecule is Cc1ccc(C(=O)c2ccccc2)cc1-c1cc(/C(N)=N\O)ccc1C. The Morgan fingerprint density at radius 3 is 1.92 bits per heavy atom. The summed E-state index contributed by atoms with van der Waals surface area (Å²) in [7, 11) is 0. The van der Waals surface area contributed by atoms with Crippen LogP contribution in [0.15, 0.2) is 71.9 Å². The van der Waals surface area contributed by atoms with E-state index in [1.807, 2.05) is 80.6 Å². The van der Waals surface area contributed by atoms with E-state index in [1.54, 1.807) is 0 Å².